The number of hydrogen-bond acceptors (Lipinski definition) is 1. The highest BCUT2D eigenvalue weighted by Crippen LogP contribution is 2.24. The predicted octanol–water partition coefficient (Wildman–Crippen LogP) is 5.22. The summed E-state index contributed by atoms with van der Waals surface area (Å²) in [5, 5.41) is 0. The Labute approximate surface area is 118 Å². The molecule has 1 rings (SSSR count). The fourth-order valence-corrected chi connectivity index (χ4v) is 2.43. The zero-order valence-corrected chi connectivity index (χ0v) is 12.6. The minimum atomic E-state index is 0.268. The lowest BCUT2D eigenvalue weighted by Crippen LogP contribution is -2.28. The van der Waals surface area contributed by atoms with E-state index in [9.17, 15) is 0 Å². The maximum atomic E-state index is 6.17. The predicted molar refractivity (Wildman–Crippen MR) is 83.1 cm³/mol. The lowest BCUT2D eigenvalue weighted by atomic mass is 9.89. The van der Waals surface area contributed by atoms with Crippen LogP contribution < -0.4 is 0 Å². The summed E-state index contributed by atoms with van der Waals surface area (Å²) in [6, 6.07) is 10.4. The van der Waals surface area contributed by atoms with Crippen molar-refractivity contribution in [1.29, 1.82) is 0 Å². The Balaban J connectivity index is 2.58. The molecule has 1 heteroatoms. The highest BCUT2D eigenvalue weighted by atomic mass is 16.5. The molecule has 0 heterocycles. The van der Waals surface area contributed by atoms with Crippen molar-refractivity contribution in [3.63, 3.8) is 0 Å². The van der Waals surface area contributed by atoms with Crippen LogP contribution in [0.1, 0.15) is 45.6 Å². The van der Waals surface area contributed by atoms with Gasteiger partial charge in [-0.15, -0.1) is 6.58 Å². The fourth-order valence-electron chi connectivity index (χ4n) is 2.43. The van der Waals surface area contributed by atoms with Gasteiger partial charge in [-0.3, -0.25) is 0 Å². The molecule has 0 aliphatic carbocycles. The molecule has 0 bridgehead atoms. The van der Waals surface area contributed by atoms with Gasteiger partial charge in [0.25, 0.3) is 0 Å². The average molecular weight is 260 g/mol. The molecule has 0 unspecified atom stereocenters. The van der Waals surface area contributed by atoms with Gasteiger partial charge in [-0.25, -0.2) is 0 Å². The van der Waals surface area contributed by atoms with Gasteiger partial charge in [-0.2, -0.15) is 0 Å². The van der Waals surface area contributed by atoms with Crippen molar-refractivity contribution in [2.45, 2.75) is 52.7 Å². The van der Waals surface area contributed by atoms with Crippen molar-refractivity contribution in [3.8, 4) is 0 Å². The van der Waals surface area contributed by atoms with Gasteiger partial charge in [0.2, 0.25) is 0 Å². The minimum absolute atomic E-state index is 0.268. The minimum Gasteiger partial charge on any atom is -0.373 e. The molecule has 0 N–H and O–H groups in total. The van der Waals surface area contributed by atoms with E-state index in [0.29, 0.717) is 18.4 Å². The third-order valence-electron chi connectivity index (χ3n) is 3.56. The Morgan fingerprint density at radius 2 is 1.89 bits per heavy atom. The van der Waals surface area contributed by atoms with Gasteiger partial charge in [0.15, 0.2) is 0 Å². The number of hydrogen-bond donors (Lipinski definition) is 0. The van der Waals surface area contributed by atoms with Crippen LogP contribution in [0, 0.1) is 11.8 Å². The Morgan fingerprint density at radius 3 is 2.42 bits per heavy atom. The van der Waals surface area contributed by atoms with Crippen LogP contribution in [0.3, 0.4) is 0 Å². The number of rotatable bonds is 9. The van der Waals surface area contributed by atoms with Gasteiger partial charge in [0.05, 0.1) is 12.7 Å². The molecule has 0 radical (unpaired) electrons. The van der Waals surface area contributed by atoms with Crippen LogP contribution in [-0.2, 0) is 11.3 Å². The van der Waals surface area contributed by atoms with E-state index in [1.165, 1.54) is 24.8 Å². The molecule has 1 aromatic carbocycles. The first-order valence-corrected chi connectivity index (χ1v) is 7.47. The van der Waals surface area contributed by atoms with Crippen LogP contribution in [0.25, 0.3) is 0 Å². The molecule has 19 heavy (non-hydrogen) atoms. The summed E-state index contributed by atoms with van der Waals surface area (Å²) < 4.78 is 6.17. The van der Waals surface area contributed by atoms with Gasteiger partial charge < -0.3 is 4.74 Å². The Hall–Kier alpha value is -1.08. The average Bonchev–Trinajstić information content (AvgIpc) is 2.43. The monoisotopic (exact) mass is 260 g/mol. The number of benzene rings is 1. The first-order chi connectivity index (χ1) is 9.19. The molecule has 0 aromatic heterocycles. The molecule has 106 valence electrons. The Bertz CT molecular complexity index is 342. The van der Waals surface area contributed by atoms with E-state index in [4.69, 9.17) is 4.74 Å². The summed E-state index contributed by atoms with van der Waals surface area (Å²) >= 11 is 0. The largest absolute Gasteiger partial charge is 0.373 e. The van der Waals surface area contributed by atoms with Crippen LogP contribution in [0.15, 0.2) is 43.0 Å². The topological polar surface area (TPSA) is 9.23 Å². The second kappa shape index (κ2) is 8.92. The van der Waals surface area contributed by atoms with Crippen LogP contribution in [0.5, 0.6) is 0 Å². The first-order valence-electron chi connectivity index (χ1n) is 7.47. The van der Waals surface area contributed by atoms with Crippen molar-refractivity contribution < 1.29 is 4.74 Å². The normalized spacial score (nSPS) is 14.3. The van der Waals surface area contributed by atoms with Crippen LogP contribution in [0.4, 0.5) is 0 Å². The highest BCUT2D eigenvalue weighted by Gasteiger charge is 2.22. The van der Waals surface area contributed by atoms with E-state index in [1.54, 1.807) is 0 Å². The summed E-state index contributed by atoms with van der Waals surface area (Å²) in [7, 11) is 0. The fraction of sp³-hybridized carbons (Fsp3) is 0.556. The van der Waals surface area contributed by atoms with Crippen molar-refractivity contribution >= 4 is 0 Å². The van der Waals surface area contributed by atoms with E-state index in [0.717, 1.165) is 0 Å². The van der Waals surface area contributed by atoms with E-state index >= 15 is 0 Å². The van der Waals surface area contributed by atoms with Gasteiger partial charge in [-0.05, 0) is 17.9 Å². The number of unbranched alkanes of at least 4 members (excludes halogenated alkanes) is 1. The maximum Gasteiger partial charge on any atom is 0.0721 e. The van der Waals surface area contributed by atoms with Gasteiger partial charge in [-0.1, -0.05) is 70.0 Å². The maximum absolute atomic E-state index is 6.17. The Kier molecular flexibility index (Phi) is 7.50. The molecule has 1 aromatic rings. The third kappa shape index (κ3) is 5.61. The van der Waals surface area contributed by atoms with E-state index < -0.39 is 0 Å². The van der Waals surface area contributed by atoms with Gasteiger partial charge in [0, 0.05) is 5.92 Å². The van der Waals surface area contributed by atoms with Crippen LogP contribution in [-0.4, -0.2) is 6.10 Å². The summed E-state index contributed by atoms with van der Waals surface area (Å²) in [4.78, 5) is 0. The van der Waals surface area contributed by atoms with E-state index in [-0.39, 0.29) is 6.10 Å². The summed E-state index contributed by atoms with van der Waals surface area (Å²) in [5.74, 6) is 0.979. The second-order valence-corrected chi connectivity index (χ2v) is 5.55. The molecule has 0 spiro atoms. The SMILES string of the molecule is C=C[C@H](CCCC)[C@@H](OCc1ccccc1)C(C)C. The quantitative estimate of drug-likeness (QED) is 0.553. The van der Waals surface area contributed by atoms with Crippen molar-refractivity contribution in [1.82, 2.24) is 0 Å². The second-order valence-electron chi connectivity index (χ2n) is 5.55. The molecular formula is C18H28O. The van der Waals surface area contributed by atoms with Crippen LogP contribution >= 0.6 is 0 Å². The van der Waals surface area contributed by atoms with Gasteiger partial charge in [0.1, 0.15) is 0 Å². The summed E-state index contributed by atoms with van der Waals surface area (Å²) in [6.07, 6.45) is 6.00. The molecule has 0 aliphatic rings. The highest BCUT2D eigenvalue weighted by molar-refractivity contribution is 5.13. The summed E-state index contributed by atoms with van der Waals surface area (Å²) in [6.45, 7) is 11.4. The van der Waals surface area contributed by atoms with Crippen molar-refractivity contribution in [3.05, 3.63) is 48.6 Å². The summed E-state index contributed by atoms with van der Waals surface area (Å²) in [5.41, 5.74) is 1.24. The van der Waals surface area contributed by atoms with Gasteiger partial charge >= 0.3 is 0 Å². The smallest absolute Gasteiger partial charge is 0.0721 e. The molecule has 0 saturated heterocycles. The zero-order chi connectivity index (χ0) is 14.1. The zero-order valence-electron chi connectivity index (χ0n) is 12.6. The molecule has 0 aliphatic heterocycles. The van der Waals surface area contributed by atoms with Crippen LogP contribution in [0.2, 0.25) is 0 Å². The third-order valence-corrected chi connectivity index (χ3v) is 3.56. The molecular weight excluding hydrogens is 232 g/mol. The first kappa shape index (κ1) is 16.0. The van der Waals surface area contributed by atoms with Crippen molar-refractivity contribution in [2.75, 3.05) is 0 Å². The molecule has 1 nitrogen and oxygen atoms in total. The van der Waals surface area contributed by atoms with Crippen molar-refractivity contribution in [2.24, 2.45) is 11.8 Å². The molecule has 2 atom stereocenters. The lowest BCUT2D eigenvalue weighted by molar-refractivity contribution is -0.0182. The molecule has 0 amide bonds. The lowest BCUT2D eigenvalue weighted by Gasteiger charge is -2.28. The molecule has 0 saturated carbocycles. The number of ether oxygens (including phenoxy) is 1. The Morgan fingerprint density at radius 1 is 1.21 bits per heavy atom. The molecule has 0 fully saturated rings. The van der Waals surface area contributed by atoms with E-state index in [2.05, 4.69) is 57.7 Å². The van der Waals surface area contributed by atoms with E-state index in [1.807, 2.05) is 6.07 Å². The standard InChI is InChI=1S/C18H28O/c1-5-7-13-17(6-2)18(15(3)4)19-14-16-11-9-8-10-12-16/h6,8-12,15,17-18H,2,5,7,13-14H2,1,3-4H3/t17-,18+/m1/s1.